The zero-order valence-electron chi connectivity index (χ0n) is 12.0. The topological polar surface area (TPSA) is 35.6 Å². The smallest absolute Gasteiger partial charge is 0.236 e. The Morgan fingerprint density at radius 1 is 1.17 bits per heavy atom. The van der Waals surface area contributed by atoms with E-state index in [1.54, 1.807) is 0 Å². The van der Waals surface area contributed by atoms with Gasteiger partial charge in [-0.3, -0.25) is 9.69 Å². The van der Waals surface area contributed by atoms with Crippen molar-refractivity contribution in [2.24, 2.45) is 11.8 Å². The van der Waals surface area contributed by atoms with E-state index in [9.17, 15) is 4.79 Å². The van der Waals surface area contributed by atoms with Crippen molar-refractivity contribution in [3.63, 3.8) is 0 Å². The Kier molecular flexibility index (Phi) is 4.62. The monoisotopic (exact) mass is 253 g/mol. The van der Waals surface area contributed by atoms with E-state index in [0.29, 0.717) is 30.3 Å². The number of nitrogens with one attached hydrogen (secondary N) is 1. The molecule has 0 bridgehead atoms. The van der Waals surface area contributed by atoms with Crippen molar-refractivity contribution in [3.8, 4) is 0 Å². The number of carbonyl (C=O) groups excluding carboxylic acids is 1. The van der Waals surface area contributed by atoms with Crippen molar-refractivity contribution < 1.29 is 4.79 Å². The summed E-state index contributed by atoms with van der Waals surface area (Å²) < 4.78 is 0. The Hall–Kier alpha value is -0.610. The van der Waals surface area contributed by atoms with Gasteiger partial charge in [-0.15, -0.1) is 0 Å². The zero-order chi connectivity index (χ0) is 13.1. The fourth-order valence-electron chi connectivity index (χ4n) is 3.31. The molecule has 2 aliphatic rings. The van der Waals surface area contributed by atoms with E-state index in [0.717, 1.165) is 32.7 Å². The third kappa shape index (κ3) is 3.69. The van der Waals surface area contributed by atoms with Gasteiger partial charge in [0.1, 0.15) is 0 Å². The summed E-state index contributed by atoms with van der Waals surface area (Å²) in [6.45, 7) is 12.2. The van der Waals surface area contributed by atoms with Gasteiger partial charge in [0.2, 0.25) is 5.91 Å². The van der Waals surface area contributed by atoms with Crippen LogP contribution in [0.2, 0.25) is 0 Å². The molecule has 4 nitrogen and oxygen atoms in total. The maximum absolute atomic E-state index is 12.3. The minimum atomic E-state index is 0.322. The van der Waals surface area contributed by atoms with Gasteiger partial charge in [0, 0.05) is 38.8 Å². The molecule has 1 amide bonds. The molecule has 0 aliphatic carbocycles. The molecule has 0 aromatic heterocycles. The molecule has 0 radical (unpaired) electrons. The molecule has 3 atom stereocenters. The van der Waals surface area contributed by atoms with Gasteiger partial charge < -0.3 is 10.2 Å². The quantitative estimate of drug-likeness (QED) is 0.790. The number of piperazine rings is 1. The first-order valence-corrected chi connectivity index (χ1v) is 7.28. The molecule has 2 saturated heterocycles. The number of likely N-dealkylation sites (tertiary alicyclic amines) is 1. The largest absolute Gasteiger partial charge is 0.341 e. The molecular weight excluding hydrogens is 226 g/mol. The maximum atomic E-state index is 12.3. The van der Waals surface area contributed by atoms with Crippen molar-refractivity contribution in [3.05, 3.63) is 0 Å². The number of carbonyl (C=O) groups is 1. The van der Waals surface area contributed by atoms with Crippen molar-refractivity contribution in [2.75, 3.05) is 39.3 Å². The number of nitrogens with zero attached hydrogens (tertiary/aromatic N) is 2. The van der Waals surface area contributed by atoms with E-state index in [4.69, 9.17) is 0 Å². The average molecular weight is 253 g/mol. The predicted molar refractivity (Wildman–Crippen MR) is 73.4 cm³/mol. The van der Waals surface area contributed by atoms with E-state index in [1.807, 2.05) is 0 Å². The number of hydrogen-bond acceptors (Lipinski definition) is 3. The summed E-state index contributed by atoms with van der Waals surface area (Å²) in [5, 5.41) is 3.41. The normalized spacial score (nSPS) is 34.6. The summed E-state index contributed by atoms with van der Waals surface area (Å²) in [4.78, 5) is 16.7. The summed E-state index contributed by atoms with van der Waals surface area (Å²) in [6, 6.07) is 0.505. The molecule has 2 fully saturated rings. The van der Waals surface area contributed by atoms with Gasteiger partial charge in [-0.05, 0) is 25.2 Å². The summed E-state index contributed by atoms with van der Waals surface area (Å²) in [6.07, 6.45) is 1.26. The Morgan fingerprint density at radius 2 is 1.83 bits per heavy atom. The van der Waals surface area contributed by atoms with Crippen LogP contribution in [0.15, 0.2) is 0 Å². The highest BCUT2D eigenvalue weighted by Crippen LogP contribution is 2.21. The van der Waals surface area contributed by atoms with Crippen LogP contribution >= 0.6 is 0 Å². The van der Waals surface area contributed by atoms with Crippen LogP contribution in [0.1, 0.15) is 27.2 Å². The Bertz CT molecular complexity index is 285. The lowest BCUT2D eigenvalue weighted by Crippen LogP contribution is -2.53. The molecule has 4 heteroatoms. The molecule has 2 heterocycles. The van der Waals surface area contributed by atoms with E-state index in [2.05, 4.69) is 35.9 Å². The number of hydrogen-bond donors (Lipinski definition) is 1. The van der Waals surface area contributed by atoms with Crippen molar-refractivity contribution in [1.29, 1.82) is 0 Å². The standard InChI is InChI=1S/C14H27N3O/c1-11-6-12(2)8-17(7-11)14(18)10-16-5-4-15-13(3)9-16/h11-13,15H,4-10H2,1-3H3. The number of piperidine rings is 1. The number of rotatable bonds is 2. The minimum absolute atomic E-state index is 0.322. The second kappa shape index (κ2) is 6.02. The van der Waals surface area contributed by atoms with E-state index in [-0.39, 0.29) is 0 Å². The van der Waals surface area contributed by atoms with Crippen LogP contribution in [0.25, 0.3) is 0 Å². The third-order valence-corrected chi connectivity index (χ3v) is 4.03. The molecule has 2 aliphatic heterocycles. The molecule has 0 spiro atoms. The fourth-order valence-corrected chi connectivity index (χ4v) is 3.31. The highest BCUT2D eigenvalue weighted by molar-refractivity contribution is 5.78. The first-order chi connectivity index (χ1) is 8.54. The zero-order valence-corrected chi connectivity index (χ0v) is 12.0. The highest BCUT2D eigenvalue weighted by Gasteiger charge is 2.27. The first-order valence-electron chi connectivity index (χ1n) is 7.28. The molecule has 3 unspecified atom stereocenters. The molecular formula is C14H27N3O. The van der Waals surface area contributed by atoms with Crippen LogP contribution in [0.4, 0.5) is 0 Å². The average Bonchev–Trinajstić information content (AvgIpc) is 2.27. The van der Waals surface area contributed by atoms with Gasteiger partial charge in [0.05, 0.1) is 6.54 Å². The second-order valence-corrected chi connectivity index (χ2v) is 6.34. The first kappa shape index (κ1) is 13.8. The van der Waals surface area contributed by atoms with Crippen LogP contribution in [0.5, 0.6) is 0 Å². The Balaban J connectivity index is 1.83. The lowest BCUT2D eigenvalue weighted by molar-refractivity contribution is -0.135. The predicted octanol–water partition coefficient (Wildman–Crippen LogP) is 0.785. The van der Waals surface area contributed by atoms with Gasteiger partial charge in [-0.25, -0.2) is 0 Å². The summed E-state index contributed by atoms with van der Waals surface area (Å²) in [7, 11) is 0. The van der Waals surface area contributed by atoms with E-state index >= 15 is 0 Å². The van der Waals surface area contributed by atoms with Crippen molar-refractivity contribution >= 4 is 5.91 Å². The minimum Gasteiger partial charge on any atom is -0.341 e. The molecule has 2 rings (SSSR count). The maximum Gasteiger partial charge on any atom is 0.236 e. The van der Waals surface area contributed by atoms with Crippen LogP contribution in [-0.2, 0) is 4.79 Å². The van der Waals surface area contributed by atoms with Crippen molar-refractivity contribution in [1.82, 2.24) is 15.1 Å². The summed E-state index contributed by atoms with van der Waals surface area (Å²) in [5.74, 6) is 1.63. The van der Waals surface area contributed by atoms with Crippen LogP contribution in [0.3, 0.4) is 0 Å². The van der Waals surface area contributed by atoms with Gasteiger partial charge >= 0.3 is 0 Å². The highest BCUT2D eigenvalue weighted by atomic mass is 16.2. The molecule has 18 heavy (non-hydrogen) atoms. The molecule has 0 saturated carbocycles. The van der Waals surface area contributed by atoms with Crippen LogP contribution < -0.4 is 5.32 Å². The fraction of sp³-hybridized carbons (Fsp3) is 0.929. The van der Waals surface area contributed by atoms with Crippen LogP contribution in [-0.4, -0.2) is 61.0 Å². The number of amides is 1. The Morgan fingerprint density at radius 3 is 2.44 bits per heavy atom. The van der Waals surface area contributed by atoms with Gasteiger partial charge in [-0.1, -0.05) is 13.8 Å². The molecule has 0 aromatic carbocycles. The second-order valence-electron chi connectivity index (χ2n) is 6.34. The summed E-state index contributed by atoms with van der Waals surface area (Å²) >= 11 is 0. The SMILES string of the molecule is CC1CC(C)CN(C(=O)CN2CCNC(C)C2)C1. The molecule has 1 N–H and O–H groups in total. The van der Waals surface area contributed by atoms with E-state index in [1.165, 1.54) is 6.42 Å². The molecule has 104 valence electrons. The van der Waals surface area contributed by atoms with Crippen molar-refractivity contribution in [2.45, 2.75) is 33.2 Å². The third-order valence-electron chi connectivity index (χ3n) is 4.03. The lowest BCUT2D eigenvalue weighted by atomic mass is 9.92. The summed E-state index contributed by atoms with van der Waals surface area (Å²) in [5.41, 5.74) is 0. The Labute approximate surface area is 111 Å². The molecule has 0 aromatic rings. The van der Waals surface area contributed by atoms with Crippen LogP contribution in [0, 0.1) is 11.8 Å². The van der Waals surface area contributed by atoms with Gasteiger partial charge in [0.15, 0.2) is 0 Å². The lowest BCUT2D eigenvalue weighted by Gasteiger charge is -2.37. The van der Waals surface area contributed by atoms with E-state index < -0.39 is 0 Å². The van der Waals surface area contributed by atoms with Gasteiger partial charge in [-0.2, -0.15) is 0 Å². The van der Waals surface area contributed by atoms with Gasteiger partial charge in [0.25, 0.3) is 0 Å².